The van der Waals surface area contributed by atoms with Crippen LogP contribution in [-0.2, 0) is 6.61 Å². The van der Waals surface area contributed by atoms with Gasteiger partial charge in [0.25, 0.3) is 0 Å². The number of ether oxygens (including phenoxy) is 1. The van der Waals surface area contributed by atoms with Crippen LogP contribution in [0.15, 0.2) is 78.9 Å². The van der Waals surface area contributed by atoms with Crippen molar-refractivity contribution in [2.45, 2.75) is 6.61 Å². The lowest BCUT2D eigenvalue weighted by Crippen LogP contribution is -1.94. The highest BCUT2D eigenvalue weighted by Gasteiger charge is 2.02. The molecule has 0 saturated carbocycles. The predicted octanol–water partition coefficient (Wildman–Crippen LogP) is 5.98. The number of benzene rings is 3. The van der Waals surface area contributed by atoms with Crippen molar-refractivity contribution >= 4 is 23.3 Å². The Labute approximate surface area is 152 Å². The van der Waals surface area contributed by atoms with Crippen molar-refractivity contribution in [2.24, 2.45) is 0 Å². The van der Waals surface area contributed by atoms with Gasteiger partial charge < -0.3 is 4.74 Å². The van der Waals surface area contributed by atoms with Crippen LogP contribution in [0.5, 0.6) is 5.75 Å². The fourth-order valence-corrected chi connectivity index (χ4v) is 2.59. The molecule has 3 aromatic rings. The molecule has 0 aromatic heterocycles. The molecule has 25 heavy (non-hydrogen) atoms. The first-order chi connectivity index (χ1) is 12.2. The molecule has 0 spiro atoms. The Morgan fingerprint density at radius 2 is 1.72 bits per heavy atom. The zero-order valence-electron chi connectivity index (χ0n) is 13.5. The van der Waals surface area contributed by atoms with E-state index < -0.39 is 0 Å². The molecule has 0 atom stereocenters. The number of halogens is 1. The topological polar surface area (TPSA) is 33.0 Å². The van der Waals surface area contributed by atoms with Gasteiger partial charge in [-0.25, -0.2) is 0 Å². The first-order valence-corrected chi connectivity index (χ1v) is 8.27. The van der Waals surface area contributed by atoms with Gasteiger partial charge in [0, 0.05) is 5.02 Å². The smallest absolute Gasteiger partial charge is 0.119 e. The molecule has 0 unspecified atom stereocenters. The van der Waals surface area contributed by atoms with Gasteiger partial charge in [-0.15, -0.1) is 0 Å². The minimum atomic E-state index is 0.530. The van der Waals surface area contributed by atoms with Crippen LogP contribution in [0, 0.1) is 11.3 Å². The highest BCUT2D eigenvalue weighted by Crippen LogP contribution is 2.22. The number of hydrogen-bond acceptors (Lipinski definition) is 2. The number of nitrogens with zero attached hydrogens (tertiary/aromatic N) is 1. The zero-order valence-corrected chi connectivity index (χ0v) is 14.3. The molecule has 0 fully saturated rings. The maximum atomic E-state index is 9.41. The summed E-state index contributed by atoms with van der Waals surface area (Å²) in [5.74, 6) is 0.794. The van der Waals surface area contributed by atoms with E-state index >= 15 is 0 Å². The number of nitriles is 1. The molecule has 3 rings (SSSR count). The molecule has 0 N–H and O–H groups in total. The molecule has 2 nitrogen and oxygen atoms in total. The van der Waals surface area contributed by atoms with Crippen molar-refractivity contribution in [3.8, 4) is 11.8 Å². The molecular weight excluding hydrogens is 330 g/mol. The van der Waals surface area contributed by atoms with Crippen molar-refractivity contribution in [1.29, 1.82) is 5.26 Å². The van der Waals surface area contributed by atoms with E-state index in [1.54, 1.807) is 12.1 Å². The summed E-state index contributed by atoms with van der Waals surface area (Å²) in [6, 6.07) is 27.2. The highest BCUT2D eigenvalue weighted by atomic mass is 35.5. The van der Waals surface area contributed by atoms with Gasteiger partial charge in [0.05, 0.1) is 11.6 Å². The van der Waals surface area contributed by atoms with Crippen LogP contribution in [0.2, 0.25) is 5.02 Å². The summed E-state index contributed by atoms with van der Waals surface area (Å²) in [4.78, 5) is 0. The first kappa shape index (κ1) is 16.8. The average Bonchev–Trinajstić information content (AvgIpc) is 2.66. The quantitative estimate of drug-likeness (QED) is 0.420. The summed E-state index contributed by atoms with van der Waals surface area (Å²) >= 11 is 6.00. The average molecular weight is 346 g/mol. The van der Waals surface area contributed by atoms with E-state index in [1.165, 1.54) is 0 Å². The van der Waals surface area contributed by atoms with Crippen molar-refractivity contribution in [1.82, 2.24) is 0 Å². The van der Waals surface area contributed by atoms with Crippen LogP contribution in [0.3, 0.4) is 0 Å². The number of hydrogen-bond donors (Lipinski definition) is 0. The largest absolute Gasteiger partial charge is 0.489 e. The van der Waals surface area contributed by atoms with Gasteiger partial charge in [0.1, 0.15) is 12.4 Å². The highest BCUT2D eigenvalue weighted by molar-refractivity contribution is 6.30. The summed E-state index contributed by atoms with van der Waals surface area (Å²) in [6.45, 7) is 0.530. The molecule has 3 aromatic carbocycles. The van der Waals surface area contributed by atoms with Crippen LogP contribution in [0.25, 0.3) is 11.6 Å². The standard InChI is InChI=1S/C22H16ClNO/c23-21-8-4-7-19(14-21)20(15-24)13-17-9-11-22(12-10-17)25-16-18-5-2-1-3-6-18/h1-14H,16H2/b20-13-. The Morgan fingerprint density at radius 3 is 2.40 bits per heavy atom. The molecular formula is C22H16ClNO. The lowest BCUT2D eigenvalue weighted by molar-refractivity contribution is 0.306. The van der Waals surface area contributed by atoms with Gasteiger partial charge in [0.2, 0.25) is 0 Å². The monoisotopic (exact) mass is 345 g/mol. The molecule has 0 amide bonds. The summed E-state index contributed by atoms with van der Waals surface area (Å²) in [5.41, 5.74) is 3.43. The molecule has 0 radical (unpaired) electrons. The maximum absolute atomic E-state index is 9.41. The summed E-state index contributed by atoms with van der Waals surface area (Å²) < 4.78 is 5.78. The summed E-state index contributed by atoms with van der Waals surface area (Å²) in [6.07, 6.45) is 1.84. The molecule has 0 aliphatic heterocycles. The van der Waals surface area contributed by atoms with Gasteiger partial charge in [0.15, 0.2) is 0 Å². The van der Waals surface area contributed by atoms with E-state index in [0.29, 0.717) is 17.2 Å². The summed E-state index contributed by atoms with van der Waals surface area (Å²) in [7, 11) is 0. The third kappa shape index (κ3) is 4.73. The molecule has 3 heteroatoms. The lowest BCUT2D eigenvalue weighted by atomic mass is 10.0. The number of allylic oxidation sites excluding steroid dienone is 1. The molecule has 0 bridgehead atoms. The predicted molar refractivity (Wildman–Crippen MR) is 102 cm³/mol. The fourth-order valence-electron chi connectivity index (χ4n) is 2.40. The van der Waals surface area contributed by atoms with Gasteiger partial charge in [-0.3, -0.25) is 0 Å². The Kier molecular flexibility index (Phi) is 5.51. The SMILES string of the molecule is N#C/C(=C/c1ccc(OCc2ccccc2)cc1)c1cccc(Cl)c1. The van der Waals surface area contributed by atoms with Gasteiger partial charge in [-0.05, 0) is 47.0 Å². The lowest BCUT2D eigenvalue weighted by Gasteiger charge is -2.06. The molecule has 0 heterocycles. The maximum Gasteiger partial charge on any atom is 0.119 e. The Hall–Kier alpha value is -3.02. The second kappa shape index (κ2) is 8.19. The van der Waals surface area contributed by atoms with E-state index in [1.807, 2.05) is 72.8 Å². The van der Waals surface area contributed by atoms with Crippen molar-refractivity contribution < 1.29 is 4.74 Å². The second-order valence-electron chi connectivity index (χ2n) is 5.52. The fraction of sp³-hybridized carbons (Fsp3) is 0.0455. The van der Waals surface area contributed by atoms with Crippen molar-refractivity contribution in [3.05, 3.63) is 101 Å². The second-order valence-corrected chi connectivity index (χ2v) is 5.96. The van der Waals surface area contributed by atoms with Crippen LogP contribution in [0.1, 0.15) is 16.7 Å². The Bertz CT molecular complexity index is 909. The van der Waals surface area contributed by atoms with Crippen molar-refractivity contribution in [3.63, 3.8) is 0 Å². The molecule has 122 valence electrons. The van der Waals surface area contributed by atoms with Crippen LogP contribution >= 0.6 is 11.6 Å². The van der Waals surface area contributed by atoms with Crippen LogP contribution in [-0.4, -0.2) is 0 Å². The molecule has 0 aliphatic carbocycles. The number of rotatable bonds is 5. The Balaban J connectivity index is 1.72. The van der Waals surface area contributed by atoms with E-state index in [4.69, 9.17) is 16.3 Å². The summed E-state index contributed by atoms with van der Waals surface area (Å²) in [5, 5.41) is 10.0. The van der Waals surface area contributed by atoms with Crippen LogP contribution in [0.4, 0.5) is 0 Å². The van der Waals surface area contributed by atoms with E-state index in [2.05, 4.69) is 6.07 Å². The Morgan fingerprint density at radius 1 is 0.960 bits per heavy atom. The first-order valence-electron chi connectivity index (χ1n) is 7.89. The van der Waals surface area contributed by atoms with E-state index in [9.17, 15) is 5.26 Å². The minimum absolute atomic E-state index is 0.530. The van der Waals surface area contributed by atoms with Crippen molar-refractivity contribution in [2.75, 3.05) is 0 Å². The van der Waals surface area contributed by atoms with E-state index in [0.717, 1.165) is 22.4 Å². The normalized spacial score (nSPS) is 11.0. The van der Waals surface area contributed by atoms with Gasteiger partial charge in [-0.2, -0.15) is 5.26 Å². The zero-order chi connectivity index (χ0) is 17.5. The molecule has 0 aliphatic rings. The van der Waals surface area contributed by atoms with Crippen LogP contribution < -0.4 is 4.74 Å². The van der Waals surface area contributed by atoms with E-state index in [-0.39, 0.29) is 0 Å². The van der Waals surface area contributed by atoms with Gasteiger partial charge >= 0.3 is 0 Å². The minimum Gasteiger partial charge on any atom is -0.489 e. The van der Waals surface area contributed by atoms with Gasteiger partial charge in [-0.1, -0.05) is 66.2 Å². The molecule has 0 saturated heterocycles. The third-order valence-corrected chi connectivity index (χ3v) is 3.93. The third-order valence-electron chi connectivity index (χ3n) is 3.70.